The topological polar surface area (TPSA) is 168 Å². The minimum absolute atomic E-state index is 0.0826. The minimum atomic E-state index is -4.39. The molecular formula is C34H42FN3O9S. The van der Waals surface area contributed by atoms with Crippen LogP contribution in [0.15, 0.2) is 41.3 Å². The number of anilines is 1. The first-order valence-electron chi connectivity index (χ1n) is 16.0. The number of alkyl carbamates (subject to hydrolysis) is 1. The van der Waals surface area contributed by atoms with Gasteiger partial charge in [0, 0.05) is 5.54 Å². The molecule has 2 bridgehead atoms. The summed E-state index contributed by atoms with van der Waals surface area (Å²) in [6.07, 6.45) is 1.27. The molecule has 3 amide bonds. The first kappa shape index (κ1) is 35.1. The number of benzene rings is 2. The SMILES string of the molecule is CC(C)Oc1ccc(CN2C(=O)[C@@H](NC(=O)OC(C)(C)C)CS(=O)(=O)c3cc(F)c(C(=O)NC45CCC(C(=O)O)(CC4)CC5)cc32)cc1. The smallest absolute Gasteiger partial charge is 0.408 e. The number of ether oxygens (including phenoxy) is 2. The number of hydrogen-bond donors (Lipinski definition) is 3. The van der Waals surface area contributed by atoms with Crippen LogP contribution in [0.4, 0.5) is 14.9 Å². The molecule has 2 aromatic rings. The quantitative estimate of drug-likeness (QED) is 0.355. The minimum Gasteiger partial charge on any atom is -0.491 e. The molecule has 1 atom stereocenters. The summed E-state index contributed by atoms with van der Waals surface area (Å²) in [7, 11) is -4.39. The number of aliphatic carboxylic acids is 1. The van der Waals surface area contributed by atoms with Gasteiger partial charge in [-0.2, -0.15) is 0 Å². The highest BCUT2D eigenvalue weighted by molar-refractivity contribution is 7.91. The summed E-state index contributed by atoms with van der Waals surface area (Å²) in [4.78, 5) is 53.0. The van der Waals surface area contributed by atoms with E-state index in [2.05, 4.69) is 10.6 Å². The number of carbonyl (C=O) groups is 4. The predicted molar refractivity (Wildman–Crippen MR) is 173 cm³/mol. The lowest BCUT2D eigenvalue weighted by Crippen LogP contribution is -2.58. The molecule has 48 heavy (non-hydrogen) atoms. The first-order valence-corrected chi connectivity index (χ1v) is 17.7. The molecule has 0 saturated heterocycles. The standard InChI is InChI=1S/C34H42FN3O9S/c1-20(2)46-22-8-6-21(7-9-22)18-38-26-16-23(28(39)37-34-13-10-33(11-14-34,12-15-34)30(41)42)24(35)17-27(26)48(44,45)19-25(29(38)40)36-31(43)47-32(3,4)5/h6-9,16-17,20,25H,10-15,18-19H2,1-5H3,(H,36,43)(H,37,39)(H,41,42)/t25-,33?,34?/m0/s1. The molecule has 1 aliphatic heterocycles. The van der Waals surface area contributed by atoms with E-state index in [1.54, 1.807) is 45.0 Å². The van der Waals surface area contributed by atoms with Crippen molar-refractivity contribution in [1.82, 2.24) is 10.6 Å². The molecule has 0 radical (unpaired) electrons. The van der Waals surface area contributed by atoms with E-state index < -0.39 is 78.3 Å². The summed E-state index contributed by atoms with van der Waals surface area (Å²) in [5.74, 6) is -3.84. The van der Waals surface area contributed by atoms with Gasteiger partial charge in [-0.25, -0.2) is 17.6 Å². The molecule has 12 nitrogen and oxygen atoms in total. The molecule has 260 valence electrons. The van der Waals surface area contributed by atoms with E-state index in [0.29, 0.717) is 49.8 Å². The second-order valence-corrected chi connectivity index (χ2v) is 16.3. The van der Waals surface area contributed by atoms with Gasteiger partial charge >= 0.3 is 12.1 Å². The summed E-state index contributed by atoms with van der Waals surface area (Å²) < 4.78 is 54.1. The zero-order chi connectivity index (χ0) is 35.2. The van der Waals surface area contributed by atoms with Crippen molar-refractivity contribution < 1.29 is 46.6 Å². The van der Waals surface area contributed by atoms with Gasteiger partial charge in [-0.1, -0.05) is 12.1 Å². The highest BCUT2D eigenvalue weighted by Crippen LogP contribution is 2.52. The Hall–Kier alpha value is -4.20. The Labute approximate surface area is 279 Å². The van der Waals surface area contributed by atoms with Crippen LogP contribution in [-0.2, 0) is 30.7 Å². The Kier molecular flexibility index (Phi) is 9.28. The van der Waals surface area contributed by atoms with Crippen LogP contribution in [0, 0.1) is 11.2 Å². The number of nitrogens with one attached hydrogen (secondary N) is 2. The van der Waals surface area contributed by atoms with Gasteiger partial charge < -0.3 is 30.1 Å². The summed E-state index contributed by atoms with van der Waals surface area (Å²) in [6.45, 7) is 8.42. The van der Waals surface area contributed by atoms with Gasteiger partial charge in [-0.3, -0.25) is 14.4 Å². The number of fused-ring (bicyclic) bond motifs is 4. The van der Waals surface area contributed by atoms with Crippen LogP contribution in [0.3, 0.4) is 0 Å². The number of sulfone groups is 1. The highest BCUT2D eigenvalue weighted by Gasteiger charge is 2.53. The molecular weight excluding hydrogens is 645 g/mol. The Balaban J connectivity index is 1.51. The Morgan fingerprint density at radius 2 is 1.65 bits per heavy atom. The van der Waals surface area contributed by atoms with E-state index in [0.717, 1.165) is 17.0 Å². The van der Waals surface area contributed by atoms with Crippen LogP contribution in [0.25, 0.3) is 0 Å². The molecule has 1 heterocycles. The third-order valence-electron chi connectivity index (χ3n) is 9.27. The molecule has 0 unspecified atom stereocenters. The van der Waals surface area contributed by atoms with E-state index in [9.17, 15) is 32.7 Å². The van der Waals surface area contributed by atoms with Crippen molar-refractivity contribution >= 4 is 39.4 Å². The Morgan fingerprint density at radius 1 is 1.04 bits per heavy atom. The van der Waals surface area contributed by atoms with Crippen molar-refractivity contribution in [3.05, 3.63) is 53.3 Å². The zero-order valence-corrected chi connectivity index (χ0v) is 28.5. The maximum atomic E-state index is 15.7. The van der Waals surface area contributed by atoms with Crippen molar-refractivity contribution in [2.24, 2.45) is 5.41 Å². The number of hydrogen-bond acceptors (Lipinski definition) is 8. The van der Waals surface area contributed by atoms with Crippen LogP contribution < -0.4 is 20.3 Å². The van der Waals surface area contributed by atoms with Gasteiger partial charge in [-0.05, 0) is 103 Å². The van der Waals surface area contributed by atoms with Crippen LogP contribution in [0.1, 0.15) is 89.1 Å². The van der Waals surface area contributed by atoms with Crippen LogP contribution in [0.2, 0.25) is 0 Å². The van der Waals surface area contributed by atoms with Gasteiger partial charge in [0.15, 0.2) is 9.84 Å². The van der Waals surface area contributed by atoms with Gasteiger partial charge in [-0.15, -0.1) is 0 Å². The third kappa shape index (κ3) is 7.27. The normalized spacial score (nSPS) is 24.8. The van der Waals surface area contributed by atoms with Crippen LogP contribution >= 0.6 is 0 Å². The summed E-state index contributed by atoms with van der Waals surface area (Å²) in [5.41, 5.74) is -2.58. The Bertz CT molecular complexity index is 1710. The van der Waals surface area contributed by atoms with Crippen molar-refractivity contribution in [3.8, 4) is 5.75 Å². The van der Waals surface area contributed by atoms with Gasteiger partial charge in [0.2, 0.25) is 0 Å². The van der Waals surface area contributed by atoms with Crippen LogP contribution in [0.5, 0.6) is 5.75 Å². The average molecular weight is 688 g/mol. The van der Waals surface area contributed by atoms with Gasteiger partial charge in [0.05, 0.1) is 40.0 Å². The van der Waals surface area contributed by atoms with E-state index in [-0.39, 0.29) is 18.3 Å². The highest BCUT2D eigenvalue weighted by atomic mass is 32.2. The van der Waals surface area contributed by atoms with Gasteiger partial charge in [0.25, 0.3) is 11.8 Å². The summed E-state index contributed by atoms with van der Waals surface area (Å²) in [5, 5.41) is 15.0. The van der Waals surface area contributed by atoms with Gasteiger partial charge in [0.1, 0.15) is 23.2 Å². The fourth-order valence-corrected chi connectivity index (χ4v) is 8.33. The van der Waals surface area contributed by atoms with E-state index in [4.69, 9.17) is 9.47 Å². The maximum absolute atomic E-state index is 15.7. The predicted octanol–water partition coefficient (Wildman–Crippen LogP) is 4.73. The molecule has 0 aromatic heterocycles. The molecule has 4 aliphatic rings. The number of carbonyl (C=O) groups excluding carboxylic acids is 3. The van der Waals surface area contributed by atoms with E-state index >= 15 is 4.39 Å². The monoisotopic (exact) mass is 687 g/mol. The zero-order valence-electron chi connectivity index (χ0n) is 27.7. The second kappa shape index (κ2) is 12.7. The number of halogens is 1. The lowest BCUT2D eigenvalue weighted by atomic mass is 9.57. The lowest BCUT2D eigenvalue weighted by Gasteiger charge is -2.51. The van der Waals surface area contributed by atoms with E-state index in [1.165, 1.54) is 0 Å². The molecule has 14 heteroatoms. The van der Waals surface area contributed by atoms with Crippen LogP contribution in [-0.4, -0.2) is 66.4 Å². The summed E-state index contributed by atoms with van der Waals surface area (Å²) in [6, 6.07) is 7.00. The molecule has 6 rings (SSSR count). The molecule has 3 saturated carbocycles. The molecule has 0 spiro atoms. The molecule has 2 aromatic carbocycles. The second-order valence-electron chi connectivity index (χ2n) is 14.3. The number of carboxylic acids is 1. The number of rotatable bonds is 8. The number of carboxylic acid groups (broad SMARTS) is 1. The van der Waals surface area contributed by atoms with Crippen molar-refractivity contribution in [2.45, 2.75) is 108 Å². The lowest BCUT2D eigenvalue weighted by molar-refractivity contribution is -0.156. The largest absolute Gasteiger partial charge is 0.491 e. The van der Waals surface area contributed by atoms with Crippen molar-refractivity contribution in [2.75, 3.05) is 10.7 Å². The Morgan fingerprint density at radius 3 is 2.19 bits per heavy atom. The van der Waals surface area contributed by atoms with E-state index in [1.807, 2.05) is 13.8 Å². The third-order valence-corrected chi connectivity index (χ3v) is 11.0. The number of amides is 3. The molecule has 3 fully saturated rings. The molecule has 3 N–H and O–H groups in total. The van der Waals surface area contributed by atoms with Crippen molar-refractivity contribution in [3.63, 3.8) is 0 Å². The maximum Gasteiger partial charge on any atom is 0.408 e. The number of nitrogens with zero attached hydrogens (tertiary/aromatic N) is 1. The summed E-state index contributed by atoms with van der Waals surface area (Å²) >= 11 is 0. The molecule has 3 aliphatic carbocycles. The first-order chi connectivity index (χ1) is 22.3. The fraction of sp³-hybridized carbons (Fsp3) is 0.529. The average Bonchev–Trinajstić information content (AvgIpc) is 3.05. The van der Waals surface area contributed by atoms with Crippen molar-refractivity contribution in [1.29, 1.82) is 0 Å². The fourth-order valence-electron chi connectivity index (χ4n) is 6.71.